The Morgan fingerprint density at radius 2 is 2.11 bits per heavy atom. The van der Waals surface area contributed by atoms with Crippen LogP contribution in [0.5, 0.6) is 0 Å². The number of nitrogens with zero attached hydrogens (tertiary/aromatic N) is 3. The van der Waals surface area contributed by atoms with Crippen LogP contribution in [0.4, 0.5) is 5.69 Å². The summed E-state index contributed by atoms with van der Waals surface area (Å²) in [6, 6.07) is 7.05. The predicted molar refractivity (Wildman–Crippen MR) is 102 cm³/mol. The van der Waals surface area contributed by atoms with E-state index in [4.69, 9.17) is 5.73 Å². The highest BCUT2D eigenvalue weighted by molar-refractivity contribution is 5.92. The van der Waals surface area contributed by atoms with E-state index in [-0.39, 0.29) is 42.1 Å². The maximum absolute atomic E-state index is 12.5. The molecule has 1 saturated carbocycles. The number of hydrogen-bond acceptors (Lipinski definition) is 6. The molecule has 144 valence electrons. The highest BCUT2D eigenvalue weighted by Gasteiger charge is 2.32. The number of carbonyl (C=O) groups excluding carboxylic acids is 1. The minimum absolute atomic E-state index is 0. The summed E-state index contributed by atoms with van der Waals surface area (Å²) in [6.07, 6.45) is 1.98. The molecule has 0 saturated heterocycles. The minimum Gasteiger partial charge on any atom is -0.346 e. The van der Waals surface area contributed by atoms with E-state index in [0.717, 1.165) is 12.8 Å². The molecule has 1 atom stereocenters. The van der Waals surface area contributed by atoms with E-state index in [0.29, 0.717) is 11.6 Å². The summed E-state index contributed by atoms with van der Waals surface area (Å²) in [4.78, 5) is 35.5. The van der Waals surface area contributed by atoms with Gasteiger partial charge >= 0.3 is 0 Å². The lowest BCUT2D eigenvalue weighted by atomic mass is 10.2. The Labute approximate surface area is 161 Å². The topological polar surface area (TPSA) is 133 Å². The third-order valence-electron chi connectivity index (χ3n) is 4.39. The second-order valence-corrected chi connectivity index (χ2v) is 6.31. The average molecular weight is 394 g/mol. The molecule has 10 heteroatoms. The Hall–Kier alpha value is -2.78. The van der Waals surface area contributed by atoms with Crippen molar-refractivity contribution >= 4 is 24.0 Å². The molecule has 3 rings (SSSR count). The molecule has 1 heterocycles. The zero-order valence-electron chi connectivity index (χ0n) is 14.6. The monoisotopic (exact) mass is 393 g/mol. The molecule has 1 aliphatic carbocycles. The summed E-state index contributed by atoms with van der Waals surface area (Å²) in [5.74, 6) is -0.295. The van der Waals surface area contributed by atoms with Crippen molar-refractivity contribution < 1.29 is 9.72 Å². The van der Waals surface area contributed by atoms with E-state index < -0.39 is 16.3 Å². The smallest absolute Gasteiger partial charge is 0.294 e. The maximum atomic E-state index is 12.5. The van der Waals surface area contributed by atoms with Crippen molar-refractivity contribution in [2.75, 3.05) is 6.54 Å². The molecule has 1 aromatic heterocycles. The molecule has 0 spiro atoms. The summed E-state index contributed by atoms with van der Waals surface area (Å²) in [5, 5.41) is 18.1. The van der Waals surface area contributed by atoms with Crippen LogP contribution in [-0.4, -0.2) is 33.2 Å². The van der Waals surface area contributed by atoms with E-state index in [1.807, 2.05) is 0 Å². The summed E-state index contributed by atoms with van der Waals surface area (Å²) in [6.45, 7) is 1.88. The fraction of sp³-hybridized carbons (Fsp3) is 0.353. The van der Waals surface area contributed by atoms with Gasteiger partial charge in [0.15, 0.2) is 5.69 Å². The SMILES string of the molecule is Cc1cc(=O)c(C(=O)NC(CN)C2CC2)nn1-c1ccccc1[N+](=O)[O-].Cl. The number of nitrogens with one attached hydrogen (secondary N) is 1. The summed E-state index contributed by atoms with van der Waals surface area (Å²) in [5.41, 5.74) is 5.23. The second-order valence-electron chi connectivity index (χ2n) is 6.31. The largest absolute Gasteiger partial charge is 0.346 e. The highest BCUT2D eigenvalue weighted by atomic mass is 35.5. The molecule has 9 nitrogen and oxygen atoms in total. The number of benzene rings is 1. The molecule has 27 heavy (non-hydrogen) atoms. The Balaban J connectivity index is 0.00000261. The number of carbonyl (C=O) groups is 1. The number of para-hydroxylation sites is 2. The molecule has 1 amide bonds. The number of aromatic nitrogens is 2. The van der Waals surface area contributed by atoms with Crippen LogP contribution in [-0.2, 0) is 0 Å². The number of nitro benzene ring substituents is 1. The Kier molecular flexibility index (Phi) is 6.29. The Morgan fingerprint density at radius 1 is 1.44 bits per heavy atom. The van der Waals surface area contributed by atoms with Crippen LogP contribution in [0.25, 0.3) is 5.69 Å². The molecular weight excluding hydrogens is 374 g/mol. The molecule has 2 aromatic rings. The Bertz CT molecular complexity index is 926. The highest BCUT2D eigenvalue weighted by Crippen LogP contribution is 2.32. The van der Waals surface area contributed by atoms with Crippen LogP contribution >= 0.6 is 12.4 Å². The van der Waals surface area contributed by atoms with E-state index >= 15 is 0 Å². The van der Waals surface area contributed by atoms with Gasteiger partial charge < -0.3 is 11.1 Å². The number of hydrogen-bond donors (Lipinski definition) is 2. The van der Waals surface area contributed by atoms with E-state index in [9.17, 15) is 19.7 Å². The number of nitro groups is 1. The average Bonchev–Trinajstić information content (AvgIpc) is 3.44. The fourth-order valence-corrected chi connectivity index (χ4v) is 2.85. The first-order chi connectivity index (χ1) is 12.4. The molecule has 1 aromatic carbocycles. The maximum Gasteiger partial charge on any atom is 0.294 e. The zero-order chi connectivity index (χ0) is 18.8. The lowest BCUT2D eigenvalue weighted by molar-refractivity contribution is -0.384. The number of halogens is 1. The number of nitrogens with two attached hydrogens (primary N) is 1. The van der Waals surface area contributed by atoms with Crippen LogP contribution in [0.3, 0.4) is 0 Å². The molecule has 1 unspecified atom stereocenters. The summed E-state index contributed by atoms with van der Waals surface area (Å²) < 4.78 is 1.24. The molecule has 0 radical (unpaired) electrons. The van der Waals surface area contributed by atoms with Gasteiger partial charge in [0.2, 0.25) is 5.43 Å². The number of aryl methyl sites for hydroxylation is 1. The predicted octanol–water partition coefficient (Wildman–Crippen LogP) is 1.34. The van der Waals surface area contributed by atoms with Gasteiger partial charge in [-0.2, -0.15) is 5.10 Å². The first-order valence-corrected chi connectivity index (χ1v) is 8.28. The normalized spacial score (nSPS) is 14.1. The number of amides is 1. The van der Waals surface area contributed by atoms with Crippen molar-refractivity contribution in [2.45, 2.75) is 25.8 Å². The molecule has 0 aliphatic heterocycles. The lowest BCUT2D eigenvalue weighted by Gasteiger charge is -2.16. The van der Waals surface area contributed by atoms with Crippen molar-refractivity contribution in [3.8, 4) is 5.69 Å². The van der Waals surface area contributed by atoms with Crippen molar-refractivity contribution in [2.24, 2.45) is 11.7 Å². The lowest BCUT2D eigenvalue weighted by Crippen LogP contribution is -2.44. The Morgan fingerprint density at radius 3 is 2.70 bits per heavy atom. The van der Waals surface area contributed by atoms with Crippen LogP contribution in [0.1, 0.15) is 29.0 Å². The van der Waals surface area contributed by atoms with Crippen LogP contribution < -0.4 is 16.5 Å². The minimum atomic E-state index is -0.621. The van der Waals surface area contributed by atoms with Gasteiger partial charge in [-0.15, -0.1) is 12.4 Å². The van der Waals surface area contributed by atoms with E-state index in [1.165, 1.54) is 28.9 Å². The van der Waals surface area contributed by atoms with Crippen molar-refractivity contribution in [1.82, 2.24) is 15.1 Å². The van der Waals surface area contributed by atoms with Crippen molar-refractivity contribution in [3.05, 3.63) is 62.1 Å². The van der Waals surface area contributed by atoms with Crippen LogP contribution in [0.15, 0.2) is 35.1 Å². The van der Waals surface area contributed by atoms with Gasteiger partial charge in [0.1, 0.15) is 5.69 Å². The van der Waals surface area contributed by atoms with E-state index in [1.54, 1.807) is 13.0 Å². The first-order valence-electron chi connectivity index (χ1n) is 8.28. The van der Waals surface area contributed by atoms with Gasteiger partial charge in [-0.3, -0.25) is 19.7 Å². The fourth-order valence-electron chi connectivity index (χ4n) is 2.85. The van der Waals surface area contributed by atoms with Crippen LogP contribution in [0, 0.1) is 23.0 Å². The van der Waals surface area contributed by atoms with Gasteiger partial charge in [0.05, 0.1) is 4.92 Å². The molecule has 3 N–H and O–H groups in total. The summed E-state index contributed by atoms with van der Waals surface area (Å²) in [7, 11) is 0. The third kappa shape index (κ3) is 4.32. The van der Waals surface area contributed by atoms with Gasteiger partial charge in [-0.05, 0) is 31.7 Å². The standard InChI is InChI=1S/C17H19N5O4.ClH/c1-10-8-15(23)16(17(24)19-12(9-18)11-6-7-11)20-21(10)13-4-2-3-5-14(13)22(25)26;/h2-5,8,11-12H,6-7,9,18H2,1H3,(H,19,24);1H. The van der Waals surface area contributed by atoms with Gasteiger partial charge in [0, 0.05) is 30.4 Å². The van der Waals surface area contributed by atoms with Gasteiger partial charge in [0.25, 0.3) is 11.6 Å². The molecule has 1 fully saturated rings. The first kappa shape index (κ1) is 20.5. The third-order valence-corrected chi connectivity index (χ3v) is 4.39. The second kappa shape index (κ2) is 8.28. The van der Waals surface area contributed by atoms with Gasteiger partial charge in [-0.1, -0.05) is 12.1 Å². The summed E-state index contributed by atoms with van der Waals surface area (Å²) >= 11 is 0. The molecule has 0 bridgehead atoms. The van der Waals surface area contributed by atoms with Crippen molar-refractivity contribution in [1.29, 1.82) is 0 Å². The molecular formula is C17H20ClN5O4. The molecule has 1 aliphatic rings. The number of rotatable bonds is 6. The van der Waals surface area contributed by atoms with Crippen molar-refractivity contribution in [3.63, 3.8) is 0 Å². The van der Waals surface area contributed by atoms with Gasteiger partial charge in [-0.25, -0.2) is 4.68 Å². The zero-order valence-corrected chi connectivity index (χ0v) is 15.4. The van der Waals surface area contributed by atoms with Crippen LogP contribution in [0.2, 0.25) is 0 Å². The quantitative estimate of drug-likeness (QED) is 0.562. The van der Waals surface area contributed by atoms with E-state index in [2.05, 4.69) is 10.4 Å².